The predicted octanol–water partition coefficient (Wildman–Crippen LogP) is 4.68. The SMILES string of the molecule is CCOC(=O)C1=C(C)N=c2s/c(=C/c3ccc(OCc4ccccc4[N+](=O)[O-])c(OCC)c3)c(=O)n2[C@@H]1c1ccccc1. The first-order chi connectivity index (χ1) is 20.8. The fourth-order valence-corrected chi connectivity index (χ4v) is 5.91. The van der Waals surface area contributed by atoms with Crippen molar-refractivity contribution in [2.75, 3.05) is 13.2 Å². The molecule has 10 nitrogen and oxygen atoms in total. The van der Waals surface area contributed by atoms with Gasteiger partial charge in [-0.1, -0.05) is 59.9 Å². The van der Waals surface area contributed by atoms with Crippen molar-refractivity contribution in [2.24, 2.45) is 4.99 Å². The Bertz CT molecular complexity index is 1890. The maximum absolute atomic E-state index is 13.9. The molecule has 2 heterocycles. The van der Waals surface area contributed by atoms with Gasteiger partial charge in [-0.25, -0.2) is 9.79 Å². The van der Waals surface area contributed by atoms with E-state index in [-0.39, 0.29) is 24.5 Å². The number of thiazole rings is 1. The third-order valence-electron chi connectivity index (χ3n) is 6.77. The summed E-state index contributed by atoms with van der Waals surface area (Å²) >= 11 is 1.23. The van der Waals surface area contributed by atoms with Gasteiger partial charge in [0.05, 0.1) is 45.5 Å². The van der Waals surface area contributed by atoms with Gasteiger partial charge in [-0.2, -0.15) is 0 Å². The fraction of sp³-hybridized carbons (Fsp3) is 0.219. The Labute approximate surface area is 251 Å². The molecular formula is C32H29N3O7S. The van der Waals surface area contributed by atoms with Gasteiger partial charge in [0, 0.05) is 6.07 Å². The Morgan fingerprint density at radius 2 is 1.77 bits per heavy atom. The minimum Gasteiger partial charge on any atom is -0.490 e. The van der Waals surface area contributed by atoms with Crippen molar-refractivity contribution >= 4 is 29.1 Å². The van der Waals surface area contributed by atoms with Crippen LogP contribution in [0.4, 0.5) is 5.69 Å². The topological polar surface area (TPSA) is 122 Å². The van der Waals surface area contributed by atoms with E-state index in [1.807, 2.05) is 37.3 Å². The van der Waals surface area contributed by atoms with Crippen LogP contribution in [0.2, 0.25) is 0 Å². The maximum atomic E-state index is 13.9. The zero-order chi connectivity index (χ0) is 30.5. The van der Waals surface area contributed by atoms with E-state index in [4.69, 9.17) is 14.2 Å². The predicted molar refractivity (Wildman–Crippen MR) is 162 cm³/mol. The summed E-state index contributed by atoms with van der Waals surface area (Å²) in [6.45, 7) is 5.86. The van der Waals surface area contributed by atoms with Crippen LogP contribution in [0.3, 0.4) is 0 Å². The third-order valence-corrected chi connectivity index (χ3v) is 7.75. The molecule has 1 atom stereocenters. The molecule has 0 unspecified atom stereocenters. The van der Waals surface area contributed by atoms with Crippen LogP contribution in [0.25, 0.3) is 6.08 Å². The molecule has 0 amide bonds. The van der Waals surface area contributed by atoms with Crippen LogP contribution in [0.1, 0.15) is 43.5 Å². The molecule has 0 spiro atoms. The molecule has 1 aliphatic heterocycles. The summed E-state index contributed by atoms with van der Waals surface area (Å²) in [4.78, 5) is 42.9. The molecule has 1 aliphatic rings. The van der Waals surface area contributed by atoms with Crippen LogP contribution < -0.4 is 24.4 Å². The van der Waals surface area contributed by atoms with Gasteiger partial charge in [0.1, 0.15) is 6.61 Å². The lowest BCUT2D eigenvalue weighted by Gasteiger charge is -2.24. The molecular weight excluding hydrogens is 570 g/mol. The Morgan fingerprint density at radius 3 is 2.49 bits per heavy atom. The Kier molecular flexibility index (Phi) is 8.82. The molecule has 220 valence electrons. The van der Waals surface area contributed by atoms with Gasteiger partial charge in [-0.3, -0.25) is 19.5 Å². The quantitative estimate of drug-likeness (QED) is 0.147. The number of esters is 1. The molecule has 0 bridgehead atoms. The molecule has 0 saturated heterocycles. The molecule has 1 aromatic heterocycles. The molecule has 0 fully saturated rings. The number of carbonyl (C=O) groups is 1. The number of allylic oxidation sites excluding steroid dienone is 1. The van der Waals surface area contributed by atoms with Crippen molar-refractivity contribution in [3.63, 3.8) is 0 Å². The van der Waals surface area contributed by atoms with Gasteiger partial charge in [0.25, 0.3) is 11.2 Å². The summed E-state index contributed by atoms with van der Waals surface area (Å²) in [7, 11) is 0. The average molecular weight is 600 g/mol. The van der Waals surface area contributed by atoms with Crippen molar-refractivity contribution in [3.8, 4) is 11.5 Å². The Balaban J connectivity index is 1.53. The molecule has 3 aromatic carbocycles. The smallest absolute Gasteiger partial charge is 0.338 e. The summed E-state index contributed by atoms with van der Waals surface area (Å²) in [6.07, 6.45) is 1.74. The zero-order valence-corrected chi connectivity index (χ0v) is 24.6. The lowest BCUT2D eigenvalue weighted by atomic mass is 9.96. The number of nitrogens with zero attached hydrogens (tertiary/aromatic N) is 3. The molecule has 0 aliphatic carbocycles. The zero-order valence-electron chi connectivity index (χ0n) is 23.8. The largest absolute Gasteiger partial charge is 0.490 e. The molecule has 5 rings (SSSR count). The second-order valence-corrected chi connectivity index (χ2v) is 10.5. The van der Waals surface area contributed by atoms with Gasteiger partial charge in [-0.05, 0) is 56.2 Å². The summed E-state index contributed by atoms with van der Waals surface area (Å²) in [5.41, 5.74) is 2.40. The number of fused-ring (bicyclic) bond motifs is 1. The van der Waals surface area contributed by atoms with E-state index in [9.17, 15) is 19.7 Å². The van der Waals surface area contributed by atoms with E-state index >= 15 is 0 Å². The summed E-state index contributed by atoms with van der Waals surface area (Å²) in [6, 6.07) is 20.3. The summed E-state index contributed by atoms with van der Waals surface area (Å²) < 4.78 is 19.0. The average Bonchev–Trinajstić information content (AvgIpc) is 3.30. The highest BCUT2D eigenvalue weighted by Gasteiger charge is 2.33. The Hall–Kier alpha value is -5.03. The van der Waals surface area contributed by atoms with Gasteiger partial charge >= 0.3 is 5.97 Å². The number of carbonyl (C=O) groups excluding carboxylic acids is 1. The summed E-state index contributed by atoms with van der Waals surface area (Å²) in [5, 5.41) is 11.4. The number of hydrogen-bond donors (Lipinski definition) is 0. The first kappa shape index (κ1) is 29.5. The van der Waals surface area contributed by atoms with Crippen LogP contribution in [0.15, 0.2) is 93.9 Å². The maximum Gasteiger partial charge on any atom is 0.338 e. The highest BCUT2D eigenvalue weighted by molar-refractivity contribution is 7.07. The third kappa shape index (κ3) is 6.12. The van der Waals surface area contributed by atoms with Gasteiger partial charge in [0.2, 0.25) is 0 Å². The lowest BCUT2D eigenvalue weighted by molar-refractivity contribution is -0.385. The number of ether oxygens (including phenoxy) is 3. The van der Waals surface area contributed by atoms with Crippen LogP contribution >= 0.6 is 11.3 Å². The van der Waals surface area contributed by atoms with Crippen molar-refractivity contribution in [3.05, 3.63) is 131 Å². The molecule has 11 heteroatoms. The number of hydrogen-bond acceptors (Lipinski definition) is 9. The van der Waals surface area contributed by atoms with Gasteiger partial charge < -0.3 is 14.2 Å². The first-order valence-electron chi connectivity index (χ1n) is 13.7. The normalized spacial score (nSPS) is 14.6. The number of nitro groups is 1. The minimum absolute atomic E-state index is 0.0171. The minimum atomic E-state index is -0.685. The van der Waals surface area contributed by atoms with Gasteiger partial charge in [0.15, 0.2) is 16.3 Å². The van der Waals surface area contributed by atoms with E-state index in [1.165, 1.54) is 17.4 Å². The van der Waals surface area contributed by atoms with Crippen LogP contribution in [0.5, 0.6) is 11.5 Å². The van der Waals surface area contributed by atoms with Gasteiger partial charge in [-0.15, -0.1) is 0 Å². The highest BCUT2D eigenvalue weighted by Crippen LogP contribution is 2.32. The van der Waals surface area contributed by atoms with Crippen molar-refractivity contribution in [1.29, 1.82) is 0 Å². The molecule has 0 saturated carbocycles. The van der Waals surface area contributed by atoms with Crippen LogP contribution in [-0.4, -0.2) is 28.7 Å². The van der Waals surface area contributed by atoms with E-state index in [0.717, 1.165) is 5.56 Å². The second kappa shape index (κ2) is 12.9. The highest BCUT2D eigenvalue weighted by atomic mass is 32.1. The molecule has 0 N–H and O–H groups in total. The Morgan fingerprint density at radius 1 is 1.02 bits per heavy atom. The molecule has 43 heavy (non-hydrogen) atoms. The number of benzene rings is 3. The van der Waals surface area contributed by atoms with Crippen molar-refractivity contribution in [2.45, 2.75) is 33.4 Å². The monoisotopic (exact) mass is 599 g/mol. The molecule has 4 aromatic rings. The van der Waals surface area contributed by atoms with Crippen molar-refractivity contribution in [1.82, 2.24) is 4.57 Å². The number of para-hydroxylation sites is 1. The lowest BCUT2D eigenvalue weighted by Crippen LogP contribution is -2.39. The summed E-state index contributed by atoms with van der Waals surface area (Å²) in [5.74, 6) is 0.340. The van der Waals surface area contributed by atoms with Crippen molar-refractivity contribution < 1.29 is 23.9 Å². The number of rotatable bonds is 10. The van der Waals surface area contributed by atoms with E-state index in [1.54, 1.807) is 60.9 Å². The molecule has 0 radical (unpaired) electrons. The first-order valence-corrected chi connectivity index (χ1v) is 14.5. The number of nitro benzene ring substituents is 1. The fourth-order valence-electron chi connectivity index (χ4n) is 4.86. The van der Waals surface area contributed by atoms with E-state index in [0.29, 0.717) is 49.8 Å². The second-order valence-electron chi connectivity index (χ2n) is 9.53. The number of aromatic nitrogens is 1. The standard InChI is InChI=1S/C32H29N3O7S/c1-4-40-26-17-21(15-16-25(26)42-19-23-13-9-10-14-24(23)35(38)39)18-27-30(36)34-29(22-11-7-6-8-12-22)28(31(37)41-5-2)20(3)33-32(34)43-27/h6-18,29H,4-5,19H2,1-3H3/b27-18+/t29-/m1/s1. The van der Waals surface area contributed by atoms with E-state index < -0.39 is 16.9 Å². The van der Waals surface area contributed by atoms with Crippen LogP contribution in [0, 0.1) is 10.1 Å². The van der Waals surface area contributed by atoms with E-state index in [2.05, 4.69) is 4.99 Å². The van der Waals surface area contributed by atoms with Crippen LogP contribution in [-0.2, 0) is 16.1 Å².